The Labute approximate surface area is 111 Å². The van der Waals surface area contributed by atoms with Gasteiger partial charge in [-0.05, 0) is 18.8 Å². The minimum Gasteiger partial charge on any atom is -0.380 e. The van der Waals surface area contributed by atoms with Gasteiger partial charge in [-0.15, -0.1) is 0 Å². The minimum atomic E-state index is -3.30. The minimum absolute atomic E-state index is 0.353. The van der Waals surface area contributed by atoms with E-state index in [4.69, 9.17) is 4.74 Å². The predicted octanol–water partition coefficient (Wildman–Crippen LogP) is 1.37. The third-order valence-corrected chi connectivity index (χ3v) is 4.50. The maximum atomic E-state index is 12.0. The molecule has 1 aliphatic rings. The average molecular weight is 278 g/mol. The van der Waals surface area contributed by atoms with Gasteiger partial charge in [-0.3, -0.25) is 0 Å². The van der Waals surface area contributed by atoms with Crippen LogP contribution in [0.25, 0.3) is 0 Å². The summed E-state index contributed by atoms with van der Waals surface area (Å²) in [4.78, 5) is 0. The largest absolute Gasteiger partial charge is 0.380 e. The first-order chi connectivity index (χ1) is 8.52. The number of hydrogen-bond acceptors (Lipinski definition) is 3. The van der Waals surface area contributed by atoms with Crippen molar-refractivity contribution in [3.05, 3.63) is 0 Å². The Bertz CT molecular complexity index is 309. The third kappa shape index (κ3) is 6.13. The van der Waals surface area contributed by atoms with Gasteiger partial charge in [-0.2, -0.15) is 17.4 Å². The van der Waals surface area contributed by atoms with Crippen molar-refractivity contribution in [1.29, 1.82) is 0 Å². The molecular weight excluding hydrogens is 252 g/mol. The van der Waals surface area contributed by atoms with E-state index in [-0.39, 0.29) is 0 Å². The van der Waals surface area contributed by atoms with Crippen molar-refractivity contribution >= 4 is 10.2 Å². The first-order valence-corrected chi connectivity index (χ1v) is 8.29. The summed E-state index contributed by atoms with van der Waals surface area (Å²) in [5, 5.41) is 0. The quantitative estimate of drug-likeness (QED) is 0.716. The number of hydrogen-bond donors (Lipinski definition) is 1. The molecule has 0 amide bonds. The fourth-order valence-corrected chi connectivity index (χ4v) is 3.20. The second-order valence-electron chi connectivity index (χ2n) is 5.18. The van der Waals surface area contributed by atoms with Crippen LogP contribution in [0.2, 0.25) is 0 Å². The highest BCUT2D eigenvalue weighted by atomic mass is 32.2. The number of nitrogens with zero attached hydrogens (tertiary/aromatic N) is 1. The number of nitrogens with one attached hydrogen (secondary N) is 1. The molecule has 1 N–H and O–H groups in total. The molecule has 1 fully saturated rings. The fourth-order valence-electron chi connectivity index (χ4n) is 1.94. The lowest BCUT2D eigenvalue weighted by atomic mass is 10.2. The molecule has 6 heteroatoms. The van der Waals surface area contributed by atoms with Gasteiger partial charge >= 0.3 is 0 Å². The van der Waals surface area contributed by atoms with E-state index >= 15 is 0 Å². The van der Waals surface area contributed by atoms with Gasteiger partial charge in [0, 0.05) is 26.2 Å². The molecule has 1 saturated heterocycles. The van der Waals surface area contributed by atoms with Crippen LogP contribution >= 0.6 is 0 Å². The average Bonchev–Trinajstić information content (AvgIpc) is 2.56. The number of ether oxygens (including phenoxy) is 1. The molecule has 0 radical (unpaired) electrons. The zero-order valence-corrected chi connectivity index (χ0v) is 12.3. The highest BCUT2D eigenvalue weighted by Crippen LogP contribution is 2.12. The van der Waals surface area contributed by atoms with E-state index in [2.05, 4.69) is 18.6 Å². The maximum absolute atomic E-state index is 12.0. The predicted molar refractivity (Wildman–Crippen MR) is 72.6 cm³/mol. The van der Waals surface area contributed by atoms with Gasteiger partial charge in [-0.25, -0.2) is 0 Å². The lowest BCUT2D eigenvalue weighted by Gasteiger charge is -2.20. The monoisotopic (exact) mass is 278 g/mol. The molecule has 0 atom stereocenters. The van der Waals surface area contributed by atoms with E-state index in [1.54, 1.807) is 4.31 Å². The molecule has 0 unspecified atom stereocenters. The third-order valence-electron chi connectivity index (χ3n) is 2.89. The molecule has 108 valence electrons. The molecule has 0 spiro atoms. The van der Waals surface area contributed by atoms with E-state index in [0.717, 1.165) is 25.7 Å². The van der Waals surface area contributed by atoms with Gasteiger partial charge in [0.25, 0.3) is 10.2 Å². The SMILES string of the molecule is CC(C)COCCNS(=O)(=O)N1CCCCCC1. The maximum Gasteiger partial charge on any atom is 0.279 e. The summed E-state index contributed by atoms with van der Waals surface area (Å²) in [5.74, 6) is 0.479. The smallest absolute Gasteiger partial charge is 0.279 e. The lowest BCUT2D eigenvalue weighted by molar-refractivity contribution is 0.114. The van der Waals surface area contributed by atoms with Gasteiger partial charge in [0.05, 0.1) is 6.61 Å². The van der Waals surface area contributed by atoms with Crippen molar-refractivity contribution in [2.24, 2.45) is 5.92 Å². The van der Waals surface area contributed by atoms with E-state index in [1.165, 1.54) is 0 Å². The Balaban J connectivity index is 2.25. The molecule has 0 aromatic rings. The Morgan fingerprint density at radius 1 is 1.17 bits per heavy atom. The first kappa shape index (κ1) is 15.9. The second-order valence-corrected chi connectivity index (χ2v) is 6.94. The first-order valence-electron chi connectivity index (χ1n) is 6.85. The van der Waals surface area contributed by atoms with E-state index < -0.39 is 10.2 Å². The molecule has 18 heavy (non-hydrogen) atoms. The summed E-state index contributed by atoms with van der Waals surface area (Å²) >= 11 is 0. The molecule has 1 rings (SSSR count). The van der Waals surface area contributed by atoms with E-state index in [0.29, 0.717) is 38.8 Å². The van der Waals surface area contributed by atoms with Crippen LogP contribution in [0.3, 0.4) is 0 Å². The number of rotatable bonds is 7. The zero-order chi connectivity index (χ0) is 13.4. The summed E-state index contributed by atoms with van der Waals surface area (Å²) in [5.41, 5.74) is 0. The van der Waals surface area contributed by atoms with Gasteiger partial charge in [0.1, 0.15) is 0 Å². The van der Waals surface area contributed by atoms with Crippen molar-refractivity contribution in [2.45, 2.75) is 39.5 Å². The molecule has 0 bridgehead atoms. The summed E-state index contributed by atoms with van der Waals surface area (Å²) in [7, 11) is -3.30. The van der Waals surface area contributed by atoms with Crippen LogP contribution in [0.1, 0.15) is 39.5 Å². The molecular formula is C12H26N2O3S. The van der Waals surface area contributed by atoms with Crippen LogP contribution in [0.5, 0.6) is 0 Å². The molecule has 1 aliphatic heterocycles. The van der Waals surface area contributed by atoms with Crippen LogP contribution in [-0.4, -0.2) is 45.6 Å². The molecule has 1 heterocycles. The van der Waals surface area contributed by atoms with Crippen molar-refractivity contribution < 1.29 is 13.2 Å². The van der Waals surface area contributed by atoms with Crippen LogP contribution in [0, 0.1) is 5.92 Å². The second kappa shape index (κ2) is 8.09. The standard InChI is InChI=1S/C12H26N2O3S/c1-12(2)11-17-10-7-13-18(15,16)14-8-5-3-4-6-9-14/h12-13H,3-11H2,1-2H3. The van der Waals surface area contributed by atoms with Crippen molar-refractivity contribution in [3.8, 4) is 0 Å². The lowest BCUT2D eigenvalue weighted by Crippen LogP contribution is -2.42. The molecule has 5 nitrogen and oxygen atoms in total. The summed E-state index contributed by atoms with van der Waals surface area (Å²) in [6.07, 6.45) is 4.18. The van der Waals surface area contributed by atoms with Crippen LogP contribution < -0.4 is 4.72 Å². The van der Waals surface area contributed by atoms with Gasteiger partial charge in [0.2, 0.25) is 0 Å². The Kier molecular flexibility index (Phi) is 7.14. The van der Waals surface area contributed by atoms with Crippen LogP contribution in [0.15, 0.2) is 0 Å². The topological polar surface area (TPSA) is 58.6 Å². The summed E-state index contributed by atoms with van der Waals surface area (Å²) < 4.78 is 33.5. The molecule has 0 aliphatic carbocycles. The molecule has 0 saturated carbocycles. The Morgan fingerprint density at radius 3 is 2.33 bits per heavy atom. The van der Waals surface area contributed by atoms with Crippen molar-refractivity contribution in [2.75, 3.05) is 32.8 Å². The van der Waals surface area contributed by atoms with Gasteiger partial charge < -0.3 is 4.74 Å². The van der Waals surface area contributed by atoms with E-state index in [1.807, 2.05) is 0 Å². The van der Waals surface area contributed by atoms with Crippen LogP contribution in [-0.2, 0) is 14.9 Å². The molecule has 0 aromatic heterocycles. The summed E-state index contributed by atoms with van der Waals surface area (Å²) in [6.45, 7) is 6.88. The normalized spacial score (nSPS) is 19.1. The molecule has 0 aromatic carbocycles. The van der Waals surface area contributed by atoms with Crippen molar-refractivity contribution in [3.63, 3.8) is 0 Å². The highest BCUT2D eigenvalue weighted by Gasteiger charge is 2.21. The fraction of sp³-hybridized carbons (Fsp3) is 1.00. The Hall–Kier alpha value is -0.170. The Morgan fingerprint density at radius 2 is 1.78 bits per heavy atom. The van der Waals surface area contributed by atoms with Gasteiger partial charge in [-0.1, -0.05) is 26.7 Å². The highest BCUT2D eigenvalue weighted by molar-refractivity contribution is 7.87. The van der Waals surface area contributed by atoms with Crippen molar-refractivity contribution in [1.82, 2.24) is 9.03 Å². The summed E-state index contributed by atoms with van der Waals surface area (Å²) in [6, 6.07) is 0. The zero-order valence-electron chi connectivity index (χ0n) is 11.5. The van der Waals surface area contributed by atoms with E-state index in [9.17, 15) is 8.42 Å². The van der Waals surface area contributed by atoms with Gasteiger partial charge in [0.15, 0.2) is 0 Å². The van der Waals surface area contributed by atoms with Crippen LogP contribution in [0.4, 0.5) is 0 Å².